The summed E-state index contributed by atoms with van der Waals surface area (Å²) in [5, 5.41) is 11.5. The average Bonchev–Trinajstić information content (AvgIpc) is 2.49. The van der Waals surface area contributed by atoms with E-state index in [1.54, 1.807) is 12.0 Å². The Bertz CT molecular complexity index is 316. The number of carboxylic acids is 1. The van der Waals surface area contributed by atoms with Crippen molar-refractivity contribution in [3.05, 3.63) is 0 Å². The molecule has 21 heavy (non-hydrogen) atoms. The first-order valence-electron chi connectivity index (χ1n) is 7.44. The van der Waals surface area contributed by atoms with Crippen molar-refractivity contribution in [3.8, 4) is 0 Å². The van der Waals surface area contributed by atoms with E-state index in [0.29, 0.717) is 51.8 Å². The van der Waals surface area contributed by atoms with Gasteiger partial charge in [0.25, 0.3) is 0 Å². The molecule has 0 saturated carbocycles. The molecule has 0 aromatic rings. The Balaban J connectivity index is 2.07. The Morgan fingerprint density at radius 2 is 1.95 bits per heavy atom. The van der Waals surface area contributed by atoms with Crippen molar-refractivity contribution in [2.45, 2.75) is 25.7 Å². The minimum Gasteiger partial charge on any atom is -0.481 e. The summed E-state index contributed by atoms with van der Waals surface area (Å²) in [5.74, 6) is -0.328. The molecular weight excluding hydrogens is 276 g/mol. The van der Waals surface area contributed by atoms with Crippen molar-refractivity contribution in [2.75, 3.05) is 46.6 Å². The van der Waals surface area contributed by atoms with Crippen molar-refractivity contribution >= 4 is 12.0 Å². The van der Waals surface area contributed by atoms with Gasteiger partial charge in [-0.3, -0.25) is 4.79 Å². The lowest BCUT2D eigenvalue weighted by atomic mass is 9.92. The second-order valence-corrected chi connectivity index (χ2v) is 5.20. The van der Waals surface area contributed by atoms with Gasteiger partial charge >= 0.3 is 12.0 Å². The number of hydrogen-bond acceptors (Lipinski definition) is 4. The highest BCUT2D eigenvalue weighted by Gasteiger charge is 2.22. The number of likely N-dealkylation sites (tertiary alicyclic amines) is 1. The minimum absolute atomic E-state index is 0.0676. The van der Waals surface area contributed by atoms with E-state index in [2.05, 4.69) is 5.32 Å². The highest BCUT2D eigenvalue weighted by molar-refractivity contribution is 5.74. The second-order valence-electron chi connectivity index (χ2n) is 5.20. The van der Waals surface area contributed by atoms with E-state index in [4.69, 9.17) is 14.6 Å². The molecule has 0 atom stereocenters. The molecule has 7 nitrogen and oxygen atoms in total. The van der Waals surface area contributed by atoms with Crippen molar-refractivity contribution in [2.24, 2.45) is 5.92 Å². The Morgan fingerprint density at radius 1 is 1.24 bits per heavy atom. The molecule has 0 radical (unpaired) electrons. The monoisotopic (exact) mass is 302 g/mol. The molecule has 0 aromatic heterocycles. The van der Waals surface area contributed by atoms with Gasteiger partial charge in [0.1, 0.15) is 0 Å². The van der Waals surface area contributed by atoms with Crippen LogP contribution in [-0.4, -0.2) is 68.6 Å². The molecule has 1 saturated heterocycles. The normalized spacial score (nSPS) is 16.0. The maximum atomic E-state index is 11.9. The summed E-state index contributed by atoms with van der Waals surface area (Å²) in [5.41, 5.74) is 0. The van der Waals surface area contributed by atoms with Crippen LogP contribution in [0.1, 0.15) is 25.7 Å². The largest absolute Gasteiger partial charge is 0.481 e. The molecular formula is C14H26N2O5. The zero-order valence-corrected chi connectivity index (χ0v) is 12.7. The van der Waals surface area contributed by atoms with Gasteiger partial charge in [0.15, 0.2) is 0 Å². The van der Waals surface area contributed by atoms with Gasteiger partial charge in [0, 0.05) is 33.2 Å². The number of rotatable bonds is 9. The van der Waals surface area contributed by atoms with Crippen LogP contribution in [0.25, 0.3) is 0 Å². The van der Waals surface area contributed by atoms with E-state index >= 15 is 0 Å². The molecule has 0 aromatic carbocycles. The van der Waals surface area contributed by atoms with Crippen molar-refractivity contribution in [1.29, 1.82) is 0 Å². The first-order chi connectivity index (χ1) is 10.1. The Kier molecular flexibility index (Phi) is 8.77. The number of amides is 2. The number of urea groups is 1. The van der Waals surface area contributed by atoms with Crippen LogP contribution < -0.4 is 5.32 Å². The molecule has 7 heteroatoms. The third-order valence-electron chi connectivity index (χ3n) is 3.62. The van der Waals surface area contributed by atoms with Crippen molar-refractivity contribution < 1.29 is 24.2 Å². The summed E-state index contributed by atoms with van der Waals surface area (Å²) in [4.78, 5) is 24.2. The van der Waals surface area contributed by atoms with Crippen molar-refractivity contribution in [3.63, 3.8) is 0 Å². The quantitative estimate of drug-likeness (QED) is 0.619. The van der Waals surface area contributed by atoms with E-state index in [1.165, 1.54) is 0 Å². The fraction of sp³-hybridized carbons (Fsp3) is 0.857. The molecule has 1 rings (SSSR count). The van der Waals surface area contributed by atoms with E-state index < -0.39 is 5.97 Å². The van der Waals surface area contributed by atoms with Gasteiger partial charge in [-0.25, -0.2) is 4.79 Å². The Hall–Kier alpha value is -1.34. The van der Waals surface area contributed by atoms with Crippen LogP contribution in [0.2, 0.25) is 0 Å². The number of nitrogens with one attached hydrogen (secondary N) is 1. The lowest BCUT2D eigenvalue weighted by molar-refractivity contribution is -0.137. The zero-order chi connectivity index (χ0) is 15.5. The number of hydrogen-bond donors (Lipinski definition) is 2. The molecule has 1 fully saturated rings. The van der Waals surface area contributed by atoms with E-state index in [-0.39, 0.29) is 12.5 Å². The summed E-state index contributed by atoms with van der Waals surface area (Å²) in [6.45, 7) is 3.44. The highest BCUT2D eigenvalue weighted by Crippen LogP contribution is 2.21. The molecule has 2 amide bonds. The summed E-state index contributed by atoms with van der Waals surface area (Å²) < 4.78 is 10.1. The summed E-state index contributed by atoms with van der Waals surface area (Å²) in [6, 6.07) is -0.0676. The number of aliphatic carboxylic acids is 1. The van der Waals surface area contributed by atoms with Gasteiger partial charge in [-0.1, -0.05) is 0 Å². The minimum atomic E-state index is -0.747. The van der Waals surface area contributed by atoms with Gasteiger partial charge in [-0.2, -0.15) is 0 Å². The van der Waals surface area contributed by atoms with Crippen LogP contribution in [0, 0.1) is 5.92 Å². The lowest BCUT2D eigenvalue weighted by Gasteiger charge is -2.31. The molecule has 0 aliphatic carbocycles. The predicted molar refractivity (Wildman–Crippen MR) is 77.3 cm³/mol. The smallest absolute Gasteiger partial charge is 0.317 e. The van der Waals surface area contributed by atoms with Crippen molar-refractivity contribution in [1.82, 2.24) is 10.2 Å². The molecule has 0 bridgehead atoms. The standard InChI is InChI=1S/C14H26N2O5/c1-20-10-11-21-9-6-15-14(19)16-7-4-12(5-8-16)2-3-13(17)18/h12H,2-11H2,1H3,(H,15,19)(H,17,18). The van der Waals surface area contributed by atoms with Crippen LogP contribution in [-0.2, 0) is 14.3 Å². The van der Waals surface area contributed by atoms with Gasteiger partial charge < -0.3 is 24.8 Å². The Morgan fingerprint density at radius 3 is 2.57 bits per heavy atom. The fourth-order valence-corrected chi connectivity index (χ4v) is 2.34. The zero-order valence-electron chi connectivity index (χ0n) is 12.7. The number of methoxy groups -OCH3 is 1. The summed E-state index contributed by atoms with van der Waals surface area (Å²) >= 11 is 0. The topological polar surface area (TPSA) is 88.1 Å². The average molecular weight is 302 g/mol. The van der Waals surface area contributed by atoms with E-state index in [0.717, 1.165) is 12.8 Å². The number of carbonyl (C=O) groups excluding carboxylic acids is 1. The maximum Gasteiger partial charge on any atom is 0.317 e. The summed E-state index contributed by atoms with van der Waals surface area (Å²) in [7, 11) is 1.62. The molecule has 1 aliphatic rings. The van der Waals surface area contributed by atoms with Gasteiger partial charge in [-0.05, 0) is 25.2 Å². The molecule has 2 N–H and O–H groups in total. The Labute approximate surface area is 125 Å². The number of nitrogens with zero attached hydrogens (tertiary/aromatic N) is 1. The number of carbonyl (C=O) groups is 2. The molecule has 1 heterocycles. The molecule has 122 valence electrons. The van der Waals surface area contributed by atoms with Gasteiger partial charge in [-0.15, -0.1) is 0 Å². The number of carboxylic acid groups (broad SMARTS) is 1. The van der Waals surface area contributed by atoms with Gasteiger partial charge in [0.05, 0.1) is 19.8 Å². The van der Waals surface area contributed by atoms with E-state index in [1.807, 2.05) is 0 Å². The van der Waals surface area contributed by atoms with Crippen LogP contribution in [0.3, 0.4) is 0 Å². The van der Waals surface area contributed by atoms with Crippen LogP contribution >= 0.6 is 0 Å². The lowest BCUT2D eigenvalue weighted by Crippen LogP contribution is -2.45. The highest BCUT2D eigenvalue weighted by atomic mass is 16.5. The van der Waals surface area contributed by atoms with E-state index in [9.17, 15) is 9.59 Å². The number of ether oxygens (including phenoxy) is 2. The van der Waals surface area contributed by atoms with Crippen LogP contribution in [0.15, 0.2) is 0 Å². The SMILES string of the molecule is COCCOCCNC(=O)N1CCC(CCC(=O)O)CC1. The summed E-state index contributed by atoms with van der Waals surface area (Å²) in [6.07, 6.45) is 2.68. The maximum absolute atomic E-state index is 11.9. The van der Waals surface area contributed by atoms with Crippen LogP contribution in [0.5, 0.6) is 0 Å². The third kappa shape index (κ3) is 7.87. The molecule has 0 spiro atoms. The first-order valence-corrected chi connectivity index (χ1v) is 7.44. The van der Waals surface area contributed by atoms with Crippen LogP contribution in [0.4, 0.5) is 4.79 Å². The fourth-order valence-electron chi connectivity index (χ4n) is 2.34. The first kappa shape index (κ1) is 17.7. The number of piperidine rings is 1. The molecule has 0 unspecified atom stereocenters. The second kappa shape index (κ2) is 10.4. The predicted octanol–water partition coefficient (Wildman–Crippen LogP) is 0.936. The third-order valence-corrected chi connectivity index (χ3v) is 3.62. The molecule has 1 aliphatic heterocycles. The van der Waals surface area contributed by atoms with Gasteiger partial charge in [0.2, 0.25) is 0 Å².